The van der Waals surface area contributed by atoms with E-state index < -0.39 is 0 Å². The van der Waals surface area contributed by atoms with E-state index in [2.05, 4.69) is 47.2 Å². The molecule has 0 radical (unpaired) electrons. The van der Waals surface area contributed by atoms with Gasteiger partial charge in [-0.3, -0.25) is 0 Å². The molecule has 0 saturated heterocycles. The quantitative estimate of drug-likeness (QED) is 0.741. The van der Waals surface area contributed by atoms with Crippen LogP contribution in [0.3, 0.4) is 0 Å². The second-order valence-corrected chi connectivity index (χ2v) is 6.73. The number of rotatable bonds is 6. The molecule has 1 nitrogen and oxygen atoms in total. The van der Waals surface area contributed by atoms with Gasteiger partial charge in [0.2, 0.25) is 0 Å². The van der Waals surface area contributed by atoms with E-state index in [-0.39, 0.29) is 11.9 Å². The van der Waals surface area contributed by atoms with Crippen molar-refractivity contribution in [1.29, 1.82) is 0 Å². The Kier molecular flexibility index (Phi) is 5.75. The smallest absolute Gasteiger partial charge is 0.129 e. The monoisotopic (exact) mass is 355 g/mol. The van der Waals surface area contributed by atoms with Crippen molar-refractivity contribution < 1.29 is 4.39 Å². The third-order valence-electron chi connectivity index (χ3n) is 3.20. The molecule has 1 aromatic heterocycles. The maximum Gasteiger partial charge on any atom is 0.129 e. The fourth-order valence-corrected chi connectivity index (χ4v) is 3.77. The molecule has 0 bridgehead atoms. The molecule has 20 heavy (non-hydrogen) atoms. The van der Waals surface area contributed by atoms with E-state index in [4.69, 9.17) is 0 Å². The van der Waals surface area contributed by atoms with Crippen molar-refractivity contribution >= 4 is 27.3 Å². The van der Waals surface area contributed by atoms with Gasteiger partial charge in [-0.05, 0) is 43.7 Å². The second kappa shape index (κ2) is 7.34. The number of halogens is 2. The van der Waals surface area contributed by atoms with E-state index in [1.165, 1.54) is 15.8 Å². The molecule has 2 rings (SSSR count). The predicted molar refractivity (Wildman–Crippen MR) is 87.9 cm³/mol. The topological polar surface area (TPSA) is 12.0 Å². The maximum absolute atomic E-state index is 14.2. The first kappa shape index (κ1) is 15.7. The summed E-state index contributed by atoms with van der Waals surface area (Å²) in [6, 6.07) is 9.30. The molecule has 1 atom stereocenters. The summed E-state index contributed by atoms with van der Waals surface area (Å²) >= 11 is 5.24. The molecule has 0 aliphatic rings. The van der Waals surface area contributed by atoms with Gasteiger partial charge in [-0.25, -0.2) is 4.39 Å². The minimum Gasteiger partial charge on any atom is -0.305 e. The van der Waals surface area contributed by atoms with E-state index in [0.29, 0.717) is 5.56 Å². The average Bonchev–Trinajstić information content (AvgIpc) is 2.90. The molecule has 0 saturated carbocycles. The lowest BCUT2D eigenvalue weighted by Crippen LogP contribution is -2.23. The molecule has 1 N–H and O–H groups in total. The molecule has 0 amide bonds. The Morgan fingerprint density at radius 1 is 1.25 bits per heavy atom. The van der Waals surface area contributed by atoms with Gasteiger partial charge in [0.15, 0.2) is 0 Å². The molecular formula is C16H19BrFNS. The van der Waals surface area contributed by atoms with Crippen molar-refractivity contribution in [2.75, 3.05) is 6.54 Å². The first-order valence-electron chi connectivity index (χ1n) is 6.93. The number of hydrogen-bond acceptors (Lipinski definition) is 2. The zero-order valence-corrected chi connectivity index (χ0v) is 14.2. The van der Waals surface area contributed by atoms with Gasteiger partial charge in [0, 0.05) is 19.8 Å². The van der Waals surface area contributed by atoms with Crippen LogP contribution in [-0.4, -0.2) is 6.54 Å². The normalized spacial score (nSPS) is 12.6. The van der Waals surface area contributed by atoms with Crippen LogP contribution in [-0.2, 0) is 6.42 Å². The van der Waals surface area contributed by atoms with E-state index in [0.717, 1.165) is 23.9 Å². The molecule has 4 heteroatoms. The summed E-state index contributed by atoms with van der Waals surface area (Å²) in [5, 5.41) is 3.46. The van der Waals surface area contributed by atoms with Crippen LogP contribution in [0.25, 0.3) is 0 Å². The van der Waals surface area contributed by atoms with Crippen LogP contribution >= 0.6 is 27.3 Å². The van der Waals surface area contributed by atoms with Crippen LogP contribution in [0.4, 0.5) is 4.39 Å². The van der Waals surface area contributed by atoms with E-state index in [9.17, 15) is 4.39 Å². The lowest BCUT2D eigenvalue weighted by atomic mass is 10.0. The third kappa shape index (κ3) is 3.48. The summed E-state index contributed by atoms with van der Waals surface area (Å²) in [6.45, 7) is 5.13. The molecule has 1 unspecified atom stereocenters. The van der Waals surface area contributed by atoms with Gasteiger partial charge in [0.05, 0.1) is 6.04 Å². The van der Waals surface area contributed by atoms with Crippen molar-refractivity contribution in [3.63, 3.8) is 0 Å². The van der Waals surface area contributed by atoms with E-state index in [1.807, 2.05) is 6.07 Å². The van der Waals surface area contributed by atoms with E-state index >= 15 is 0 Å². The Bertz CT molecular complexity index is 547. The first-order valence-corrected chi connectivity index (χ1v) is 8.54. The number of thiophene rings is 1. The van der Waals surface area contributed by atoms with Gasteiger partial charge in [-0.2, -0.15) is 0 Å². The zero-order chi connectivity index (χ0) is 14.5. The zero-order valence-electron chi connectivity index (χ0n) is 11.7. The molecular weight excluding hydrogens is 337 g/mol. The van der Waals surface area contributed by atoms with Crippen LogP contribution in [0.2, 0.25) is 0 Å². The van der Waals surface area contributed by atoms with Gasteiger partial charge < -0.3 is 5.32 Å². The Balaban J connectivity index is 2.41. The minimum atomic E-state index is -0.167. The summed E-state index contributed by atoms with van der Waals surface area (Å²) in [4.78, 5) is 2.50. The molecule has 0 fully saturated rings. The maximum atomic E-state index is 14.2. The lowest BCUT2D eigenvalue weighted by Gasteiger charge is -2.19. The Labute approximate surface area is 132 Å². The standard InChI is InChI=1S/C16H19BrFNS/c1-3-10-19-16(14-9-8-11(4-2)20-14)15-12(17)6-5-7-13(15)18/h5-9,16,19H,3-4,10H2,1-2H3. The highest BCUT2D eigenvalue weighted by molar-refractivity contribution is 9.10. The Morgan fingerprint density at radius 2 is 2.05 bits per heavy atom. The molecule has 0 aliphatic carbocycles. The first-order chi connectivity index (χ1) is 9.67. The molecule has 2 aromatic rings. The molecule has 1 heterocycles. The Hall–Kier alpha value is -0.710. The lowest BCUT2D eigenvalue weighted by molar-refractivity contribution is 0.549. The van der Waals surface area contributed by atoms with Crippen molar-refractivity contribution in [2.45, 2.75) is 32.7 Å². The summed E-state index contributed by atoms with van der Waals surface area (Å²) < 4.78 is 15.1. The predicted octanol–water partition coefficient (Wildman–Crippen LogP) is 5.30. The van der Waals surface area contributed by atoms with Crippen LogP contribution in [0, 0.1) is 5.82 Å². The van der Waals surface area contributed by atoms with Gasteiger partial charge in [0.25, 0.3) is 0 Å². The highest BCUT2D eigenvalue weighted by atomic mass is 79.9. The second-order valence-electron chi connectivity index (χ2n) is 4.68. The largest absolute Gasteiger partial charge is 0.305 e. The number of aryl methyl sites for hydroxylation is 1. The number of nitrogens with one attached hydrogen (secondary N) is 1. The van der Waals surface area contributed by atoms with Crippen molar-refractivity contribution in [3.05, 3.63) is 55.9 Å². The van der Waals surface area contributed by atoms with E-state index in [1.54, 1.807) is 17.4 Å². The summed E-state index contributed by atoms with van der Waals surface area (Å²) in [5.41, 5.74) is 0.699. The number of benzene rings is 1. The summed E-state index contributed by atoms with van der Waals surface area (Å²) in [5.74, 6) is -0.167. The van der Waals surface area contributed by atoms with Crippen molar-refractivity contribution in [1.82, 2.24) is 5.32 Å². The fraction of sp³-hybridized carbons (Fsp3) is 0.375. The SMILES string of the molecule is CCCNC(c1ccc(CC)s1)c1c(F)cccc1Br. The molecule has 0 spiro atoms. The fourth-order valence-electron chi connectivity index (χ4n) is 2.16. The van der Waals surface area contributed by atoms with Crippen molar-refractivity contribution in [2.24, 2.45) is 0 Å². The van der Waals surface area contributed by atoms with Gasteiger partial charge in [0.1, 0.15) is 5.82 Å². The molecule has 108 valence electrons. The van der Waals surface area contributed by atoms with Crippen LogP contribution < -0.4 is 5.32 Å². The highest BCUT2D eigenvalue weighted by Gasteiger charge is 2.21. The average molecular weight is 356 g/mol. The Morgan fingerprint density at radius 3 is 2.65 bits per heavy atom. The van der Waals surface area contributed by atoms with Crippen LogP contribution in [0.5, 0.6) is 0 Å². The van der Waals surface area contributed by atoms with Gasteiger partial charge >= 0.3 is 0 Å². The molecule has 1 aromatic carbocycles. The minimum absolute atomic E-state index is 0.0872. The third-order valence-corrected chi connectivity index (χ3v) is 5.19. The summed E-state index contributed by atoms with van der Waals surface area (Å²) in [7, 11) is 0. The van der Waals surface area contributed by atoms with Crippen LogP contribution in [0.1, 0.15) is 41.6 Å². The molecule has 0 aliphatic heterocycles. The summed E-state index contributed by atoms with van der Waals surface area (Å²) in [6.07, 6.45) is 2.04. The highest BCUT2D eigenvalue weighted by Crippen LogP contribution is 2.34. The van der Waals surface area contributed by atoms with Crippen LogP contribution in [0.15, 0.2) is 34.8 Å². The number of hydrogen-bond donors (Lipinski definition) is 1. The van der Waals surface area contributed by atoms with Gasteiger partial charge in [-0.15, -0.1) is 11.3 Å². The van der Waals surface area contributed by atoms with Gasteiger partial charge in [-0.1, -0.05) is 35.8 Å². The van der Waals surface area contributed by atoms with Crippen molar-refractivity contribution in [3.8, 4) is 0 Å².